The van der Waals surface area contributed by atoms with E-state index in [9.17, 15) is 4.79 Å². The number of aromatic nitrogens is 3. The Bertz CT molecular complexity index is 905. The Hall–Kier alpha value is -1.04. The smallest absolute Gasteiger partial charge is 0.279 e. The summed E-state index contributed by atoms with van der Waals surface area (Å²) in [7, 11) is 0. The van der Waals surface area contributed by atoms with Gasteiger partial charge in [0.05, 0.1) is 30.6 Å². The second-order valence-electron chi connectivity index (χ2n) is 7.83. The van der Waals surface area contributed by atoms with Gasteiger partial charge in [-0.05, 0) is 12.8 Å². The molecule has 0 spiro atoms. The first kappa shape index (κ1) is 19.9. The van der Waals surface area contributed by atoms with Crippen LogP contribution < -0.4 is 5.56 Å². The van der Waals surface area contributed by atoms with Crippen LogP contribution in [0, 0.1) is 0 Å². The van der Waals surface area contributed by atoms with Crippen molar-refractivity contribution in [2.45, 2.75) is 36.3 Å². The summed E-state index contributed by atoms with van der Waals surface area (Å²) in [6, 6.07) is 0. The predicted molar refractivity (Wildman–Crippen MR) is 113 cm³/mol. The molecule has 3 aliphatic rings. The van der Waals surface area contributed by atoms with Gasteiger partial charge in [-0.3, -0.25) is 14.6 Å². The lowest BCUT2D eigenvalue weighted by molar-refractivity contribution is 0.0410. The molecule has 158 valence electrons. The summed E-state index contributed by atoms with van der Waals surface area (Å²) in [5.74, 6) is 0.962. The van der Waals surface area contributed by atoms with Gasteiger partial charge in [0.1, 0.15) is 0 Å². The van der Waals surface area contributed by atoms with Crippen molar-refractivity contribution in [3.8, 4) is 0 Å². The van der Waals surface area contributed by atoms with E-state index in [1.807, 2.05) is 0 Å². The molecular formula is C19H27N5O3S2. The molecule has 10 heteroatoms. The quantitative estimate of drug-likeness (QED) is 0.623. The first-order valence-corrected chi connectivity index (χ1v) is 12.2. The Labute approximate surface area is 178 Å². The number of hydrogen-bond donors (Lipinski definition) is 0. The Balaban J connectivity index is 1.26. The van der Waals surface area contributed by atoms with E-state index in [-0.39, 0.29) is 5.56 Å². The molecule has 0 saturated carbocycles. The maximum atomic E-state index is 13.1. The van der Waals surface area contributed by atoms with E-state index in [1.165, 1.54) is 15.9 Å². The highest BCUT2D eigenvalue weighted by Gasteiger charge is 2.26. The normalized spacial score (nSPS) is 23.7. The van der Waals surface area contributed by atoms with Crippen LogP contribution >= 0.6 is 23.1 Å². The van der Waals surface area contributed by atoms with Gasteiger partial charge in [-0.15, -0.1) is 5.10 Å². The third-order valence-electron chi connectivity index (χ3n) is 5.84. The van der Waals surface area contributed by atoms with Gasteiger partial charge in [-0.25, -0.2) is 4.98 Å². The van der Waals surface area contributed by atoms with Crippen LogP contribution in [0.15, 0.2) is 9.13 Å². The highest BCUT2D eigenvalue weighted by molar-refractivity contribution is 8.01. The fourth-order valence-electron chi connectivity index (χ4n) is 4.21. The number of ether oxygens (including phenoxy) is 2. The first-order valence-electron chi connectivity index (χ1n) is 10.4. The van der Waals surface area contributed by atoms with Gasteiger partial charge in [0, 0.05) is 58.0 Å². The number of thioether (sulfide) groups is 1. The maximum Gasteiger partial charge on any atom is 0.279 e. The minimum atomic E-state index is -0.00156. The Morgan fingerprint density at radius 3 is 2.90 bits per heavy atom. The van der Waals surface area contributed by atoms with Gasteiger partial charge >= 0.3 is 0 Å². The van der Waals surface area contributed by atoms with Crippen LogP contribution in [0.25, 0.3) is 4.96 Å². The van der Waals surface area contributed by atoms with Crippen molar-refractivity contribution < 1.29 is 9.47 Å². The van der Waals surface area contributed by atoms with Crippen molar-refractivity contribution >= 4 is 28.1 Å². The maximum absolute atomic E-state index is 13.1. The van der Waals surface area contributed by atoms with Crippen molar-refractivity contribution in [3.05, 3.63) is 21.6 Å². The minimum Gasteiger partial charge on any atom is -0.379 e. The van der Waals surface area contributed by atoms with Gasteiger partial charge in [0.15, 0.2) is 4.34 Å². The van der Waals surface area contributed by atoms with Crippen LogP contribution in [0.1, 0.15) is 24.1 Å². The molecule has 5 heterocycles. The predicted octanol–water partition coefficient (Wildman–Crippen LogP) is 1.11. The fraction of sp³-hybridized carbons (Fsp3) is 0.737. The SMILES string of the molecule is O=c1c2c(nc3sc(SCCN4CCOCC4)nn13)CCN(CC1CCCO1)C2. The summed E-state index contributed by atoms with van der Waals surface area (Å²) in [4.78, 5) is 23.3. The lowest BCUT2D eigenvalue weighted by Crippen LogP contribution is -2.40. The third-order valence-corrected chi connectivity index (χ3v) is 7.86. The summed E-state index contributed by atoms with van der Waals surface area (Å²) in [5, 5.41) is 4.57. The molecule has 2 aromatic heterocycles. The lowest BCUT2D eigenvalue weighted by atomic mass is 10.1. The summed E-state index contributed by atoms with van der Waals surface area (Å²) >= 11 is 3.24. The van der Waals surface area contributed by atoms with E-state index in [0.29, 0.717) is 12.6 Å². The number of morpholine rings is 1. The van der Waals surface area contributed by atoms with E-state index >= 15 is 0 Å². The average Bonchev–Trinajstić information content (AvgIpc) is 3.39. The zero-order valence-electron chi connectivity index (χ0n) is 16.5. The van der Waals surface area contributed by atoms with Gasteiger partial charge in [0.2, 0.25) is 4.96 Å². The summed E-state index contributed by atoms with van der Waals surface area (Å²) in [5.41, 5.74) is 1.76. The molecule has 1 unspecified atom stereocenters. The largest absolute Gasteiger partial charge is 0.379 e. The Kier molecular flexibility index (Phi) is 6.17. The molecule has 3 aliphatic heterocycles. The van der Waals surface area contributed by atoms with Gasteiger partial charge in [-0.1, -0.05) is 23.1 Å². The van der Waals surface area contributed by atoms with Crippen LogP contribution in [0.4, 0.5) is 0 Å². The number of rotatable bonds is 6. The van der Waals surface area contributed by atoms with Crippen LogP contribution in [0.2, 0.25) is 0 Å². The van der Waals surface area contributed by atoms with Crippen LogP contribution in [0.3, 0.4) is 0 Å². The fourth-order valence-corrected chi connectivity index (χ4v) is 6.23. The van der Waals surface area contributed by atoms with Crippen molar-refractivity contribution in [3.63, 3.8) is 0 Å². The van der Waals surface area contributed by atoms with E-state index in [1.54, 1.807) is 11.8 Å². The van der Waals surface area contributed by atoms with Crippen molar-refractivity contribution in [1.29, 1.82) is 0 Å². The molecule has 0 N–H and O–H groups in total. The van der Waals surface area contributed by atoms with Crippen LogP contribution in [-0.2, 0) is 22.4 Å². The van der Waals surface area contributed by atoms with Gasteiger partial charge < -0.3 is 9.47 Å². The van der Waals surface area contributed by atoms with E-state index in [4.69, 9.17) is 14.5 Å². The zero-order chi connectivity index (χ0) is 19.6. The molecule has 5 rings (SSSR count). The lowest BCUT2D eigenvalue weighted by Gasteiger charge is -2.29. The van der Waals surface area contributed by atoms with Crippen molar-refractivity contribution in [1.82, 2.24) is 24.4 Å². The number of hydrogen-bond acceptors (Lipinski definition) is 9. The van der Waals surface area contributed by atoms with Gasteiger partial charge in [0.25, 0.3) is 5.56 Å². The molecule has 0 bridgehead atoms. The summed E-state index contributed by atoms with van der Waals surface area (Å²) < 4.78 is 13.6. The molecule has 2 fully saturated rings. The molecular weight excluding hydrogens is 410 g/mol. The van der Waals surface area contributed by atoms with Gasteiger partial charge in [-0.2, -0.15) is 4.52 Å². The monoisotopic (exact) mass is 437 g/mol. The van der Waals surface area contributed by atoms with Crippen LogP contribution in [0.5, 0.6) is 0 Å². The topological polar surface area (TPSA) is 72.2 Å². The molecule has 2 aromatic rings. The van der Waals surface area contributed by atoms with E-state index in [0.717, 1.165) is 98.1 Å². The minimum absolute atomic E-state index is 0.00156. The average molecular weight is 438 g/mol. The Morgan fingerprint density at radius 2 is 2.07 bits per heavy atom. The molecule has 0 radical (unpaired) electrons. The molecule has 1 atom stereocenters. The molecule has 0 aliphatic carbocycles. The van der Waals surface area contributed by atoms with Crippen LogP contribution in [-0.4, -0.2) is 88.8 Å². The second kappa shape index (κ2) is 8.99. The molecule has 2 saturated heterocycles. The molecule has 29 heavy (non-hydrogen) atoms. The van der Waals surface area contributed by atoms with E-state index in [2.05, 4.69) is 14.9 Å². The number of fused-ring (bicyclic) bond motifs is 2. The Morgan fingerprint density at radius 1 is 1.17 bits per heavy atom. The zero-order valence-corrected chi connectivity index (χ0v) is 18.2. The summed E-state index contributed by atoms with van der Waals surface area (Å²) in [6.45, 7) is 8.01. The molecule has 0 amide bonds. The highest BCUT2D eigenvalue weighted by Crippen LogP contribution is 2.25. The third kappa shape index (κ3) is 4.52. The molecule has 8 nitrogen and oxygen atoms in total. The summed E-state index contributed by atoms with van der Waals surface area (Å²) in [6.07, 6.45) is 3.40. The van der Waals surface area contributed by atoms with Crippen molar-refractivity contribution in [2.24, 2.45) is 0 Å². The number of nitrogens with zero attached hydrogens (tertiary/aromatic N) is 5. The van der Waals surface area contributed by atoms with Crippen molar-refractivity contribution in [2.75, 3.05) is 58.3 Å². The highest BCUT2D eigenvalue weighted by atomic mass is 32.2. The first-order chi connectivity index (χ1) is 14.3. The van der Waals surface area contributed by atoms with E-state index < -0.39 is 0 Å². The standard InChI is InChI=1S/C19H27N5O3S2/c25-17-15-13-23(12-14-2-1-8-27-14)4-3-16(15)20-18-24(17)21-19(29-18)28-11-7-22-5-9-26-10-6-22/h14H,1-13H2. The molecule has 0 aromatic carbocycles. The second-order valence-corrected chi connectivity index (χ2v) is 10.1.